The van der Waals surface area contributed by atoms with Gasteiger partial charge in [-0.2, -0.15) is 0 Å². The van der Waals surface area contributed by atoms with Crippen LogP contribution in [0.25, 0.3) is 5.57 Å². The predicted molar refractivity (Wildman–Crippen MR) is 103 cm³/mol. The molecule has 0 unspecified atom stereocenters. The van der Waals surface area contributed by atoms with Gasteiger partial charge in [-0.05, 0) is 24.6 Å². The monoisotopic (exact) mass is 341 g/mol. The molecule has 1 aliphatic heterocycles. The lowest BCUT2D eigenvalue weighted by molar-refractivity contribution is -0.117. The number of hydrogen-bond donors (Lipinski definition) is 0. The molecule has 3 nitrogen and oxygen atoms in total. The molecule has 1 amide bonds. The van der Waals surface area contributed by atoms with Gasteiger partial charge in [-0.25, -0.2) is 0 Å². The summed E-state index contributed by atoms with van der Waals surface area (Å²) >= 11 is 0. The minimum Gasteiger partial charge on any atom is -0.470 e. The Bertz CT molecular complexity index is 934. The van der Waals surface area contributed by atoms with Crippen LogP contribution in [-0.4, -0.2) is 5.91 Å². The summed E-state index contributed by atoms with van der Waals surface area (Å²) in [5, 5.41) is 0. The smallest absolute Gasteiger partial charge is 0.265 e. The number of carbonyl (C=O) groups excluding carboxylic acids is 1. The maximum atomic E-state index is 13.5. The van der Waals surface area contributed by atoms with E-state index >= 15 is 0 Å². The van der Waals surface area contributed by atoms with Gasteiger partial charge in [-0.3, -0.25) is 9.69 Å². The number of anilines is 1. The normalized spacial score (nSPS) is 17.2. The fourth-order valence-electron chi connectivity index (χ4n) is 3.26. The average Bonchev–Trinajstić information content (AvgIpc) is 2.70. The van der Waals surface area contributed by atoms with E-state index in [0.29, 0.717) is 11.3 Å². The van der Waals surface area contributed by atoms with Crippen molar-refractivity contribution in [3.63, 3.8) is 0 Å². The number of amides is 1. The van der Waals surface area contributed by atoms with Crippen LogP contribution >= 0.6 is 0 Å². The van der Waals surface area contributed by atoms with E-state index in [-0.39, 0.29) is 5.91 Å². The summed E-state index contributed by atoms with van der Waals surface area (Å²) in [6.45, 7) is 1.86. The lowest BCUT2D eigenvalue weighted by Crippen LogP contribution is -2.40. The Balaban J connectivity index is 1.86. The second-order valence-electron chi connectivity index (χ2n) is 6.19. The Morgan fingerprint density at radius 3 is 1.92 bits per heavy atom. The molecule has 0 aliphatic carbocycles. The minimum absolute atomic E-state index is 0.0556. The maximum absolute atomic E-state index is 13.5. The first-order valence-corrected chi connectivity index (χ1v) is 8.62. The number of ether oxygens (including phenoxy) is 1. The Labute approximate surface area is 153 Å². The first-order chi connectivity index (χ1) is 12.8. The number of nitrogens with zero attached hydrogens (tertiary/aromatic N) is 1. The van der Waals surface area contributed by atoms with Gasteiger partial charge in [0.15, 0.2) is 0 Å². The highest BCUT2D eigenvalue weighted by Crippen LogP contribution is 2.39. The zero-order valence-corrected chi connectivity index (χ0v) is 14.5. The molecule has 26 heavy (non-hydrogen) atoms. The van der Waals surface area contributed by atoms with E-state index in [4.69, 9.17) is 4.74 Å². The molecule has 0 saturated heterocycles. The zero-order chi connectivity index (χ0) is 17.9. The van der Waals surface area contributed by atoms with Crippen LogP contribution in [0.1, 0.15) is 24.3 Å². The van der Waals surface area contributed by atoms with Crippen LogP contribution in [0.3, 0.4) is 0 Å². The molecule has 0 saturated carbocycles. The quantitative estimate of drug-likeness (QED) is 0.657. The summed E-state index contributed by atoms with van der Waals surface area (Å²) in [5.41, 5.74) is 3.22. The molecule has 0 aromatic heterocycles. The van der Waals surface area contributed by atoms with E-state index in [2.05, 4.69) is 0 Å². The third-order valence-electron chi connectivity index (χ3n) is 4.49. The molecule has 4 rings (SSSR count). The Kier molecular flexibility index (Phi) is 4.28. The molecule has 1 heterocycles. The van der Waals surface area contributed by atoms with Crippen molar-refractivity contribution in [1.82, 2.24) is 0 Å². The largest absolute Gasteiger partial charge is 0.470 e. The molecule has 1 aliphatic rings. The van der Waals surface area contributed by atoms with E-state index in [1.54, 1.807) is 4.90 Å². The summed E-state index contributed by atoms with van der Waals surface area (Å²) in [7, 11) is 0. The first-order valence-electron chi connectivity index (χ1n) is 8.62. The van der Waals surface area contributed by atoms with E-state index in [9.17, 15) is 4.79 Å². The lowest BCUT2D eigenvalue weighted by atomic mass is 10.00. The molecule has 0 bridgehead atoms. The van der Waals surface area contributed by atoms with E-state index in [1.165, 1.54) is 0 Å². The number of hydrogen-bond acceptors (Lipinski definition) is 2. The molecule has 3 heteroatoms. The topological polar surface area (TPSA) is 29.5 Å². The van der Waals surface area contributed by atoms with Crippen molar-refractivity contribution in [2.24, 2.45) is 0 Å². The lowest BCUT2D eigenvalue weighted by Gasteiger charge is -2.37. The summed E-state index contributed by atoms with van der Waals surface area (Å²) in [6.07, 6.45) is -0.487. The van der Waals surface area contributed by atoms with Crippen molar-refractivity contribution in [2.75, 3.05) is 4.90 Å². The van der Waals surface area contributed by atoms with Crippen molar-refractivity contribution in [1.29, 1.82) is 0 Å². The molecular weight excluding hydrogens is 322 g/mol. The molecule has 0 fully saturated rings. The fraction of sp³-hybridized carbons (Fsp3) is 0.0870. The van der Waals surface area contributed by atoms with Gasteiger partial charge in [0.1, 0.15) is 5.76 Å². The highest BCUT2D eigenvalue weighted by Gasteiger charge is 2.36. The predicted octanol–water partition coefficient (Wildman–Crippen LogP) is 5.18. The van der Waals surface area contributed by atoms with Gasteiger partial charge in [-0.1, -0.05) is 78.9 Å². The van der Waals surface area contributed by atoms with Crippen LogP contribution in [0.5, 0.6) is 0 Å². The number of carbonyl (C=O) groups is 1. The second-order valence-corrected chi connectivity index (χ2v) is 6.19. The van der Waals surface area contributed by atoms with Crippen molar-refractivity contribution >= 4 is 17.2 Å². The molecule has 1 atom stereocenters. The number of para-hydroxylation sites is 1. The standard InChI is InChI=1S/C23H19NO2/c1-17-21(18-11-5-2-6-12-18)22(25)24(20-15-9-4-10-16-20)23(26-17)19-13-7-3-8-14-19/h2-16,23H,1H3/t23-/m0/s1. The summed E-state index contributed by atoms with van der Waals surface area (Å²) in [5.74, 6) is 0.585. The average molecular weight is 341 g/mol. The maximum Gasteiger partial charge on any atom is 0.265 e. The van der Waals surface area contributed by atoms with Gasteiger partial charge >= 0.3 is 0 Å². The highest BCUT2D eigenvalue weighted by molar-refractivity contribution is 6.27. The number of rotatable bonds is 3. The summed E-state index contributed by atoms with van der Waals surface area (Å²) < 4.78 is 6.26. The summed E-state index contributed by atoms with van der Waals surface area (Å²) in [4.78, 5) is 15.2. The van der Waals surface area contributed by atoms with Crippen molar-refractivity contribution in [3.05, 3.63) is 108 Å². The Hall–Kier alpha value is -3.33. The molecule has 128 valence electrons. The van der Waals surface area contributed by atoms with Gasteiger partial charge in [0.2, 0.25) is 6.23 Å². The minimum atomic E-state index is -0.487. The molecule has 3 aromatic carbocycles. The van der Waals surface area contributed by atoms with E-state index in [1.807, 2.05) is 97.9 Å². The molecule has 0 radical (unpaired) electrons. The van der Waals surface area contributed by atoms with Gasteiger partial charge in [0, 0.05) is 11.3 Å². The van der Waals surface area contributed by atoms with Gasteiger partial charge in [0.05, 0.1) is 5.57 Å². The third-order valence-corrected chi connectivity index (χ3v) is 4.49. The van der Waals surface area contributed by atoms with Crippen LogP contribution < -0.4 is 4.90 Å². The Morgan fingerprint density at radius 2 is 1.31 bits per heavy atom. The van der Waals surface area contributed by atoms with E-state index in [0.717, 1.165) is 16.8 Å². The second kappa shape index (κ2) is 6.89. The zero-order valence-electron chi connectivity index (χ0n) is 14.5. The van der Waals surface area contributed by atoms with Crippen LogP contribution in [-0.2, 0) is 9.53 Å². The highest BCUT2D eigenvalue weighted by atomic mass is 16.5. The van der Waals surface area contributed by atoms with Gasteiger partial charge in [-0.15, -0.1) is 0 Å². The van der Waals surface area contributed by atoms with Crippen molar-refractivity contribution in [2.45, 2.75) is 13.2 Å². The van der Waals surface area contributed by atoms with Crippen LogP contribution in [0.15, 0.2) is 96.8 Å². The van der Waals surface area contributed by atoms with E-state index < -0.39 is 6.23 Å². The molecular formula is C23H19NO2. The SMILES string of the molecule is CC1=C(c2ccccc2)C(=O)N(c2ccccc2)[C@H](c2ccccc2)O1. The van der Waals surface area contributed by atoms with Crippen LogP contribution in [0.4, 0.5) is 5.69 Å². The fourth-order valence-corrected chi connectivity index (χ4v) is 3.26. The summed E-state index contributed by atoms with van der Waals surface area (Å²) in [6, 6.07) is 29.2. The third kappa shape index (κ3) is 2.88. The van der Waals surface area contributed by atoms with Crippen molar-refractivity contribution in [3.8, 4) is 0 Å². The molecule has 0 N–H and O–H groups in total. The van der Waals surface area contributed by atoms with Crippen LogP contribution in [0.2, 0.25) is 0 Å². The van der Waals surface area contributed by atoms with Gasteiger partial charge in [0.25, 0.3) is 5.91 Å². The van der Waals surface area contributed by atoms with Crippen LogP contribution in [0, 0.1) is 0 Å². The Morgan fingerprint density at radius 1 is 0.769 bits per heavy atom. The van der Waals surface area contributed by atoms with Gasteiger partial charge < -0.3 is 4.74 Å². The first kappa shape index (κ1) is 16.2. The molecule has 3 aromatic rings. The number of allylic oxidation sites excluding steroid dienone is 1. The molecule has 0 spiro atoms. The van der Waals surface area contributed by atoms with Crippen molar-refractivity contribution < 1.29 is 9.53 Å². The number of benzene rings is 3.